The number of hydrogen-bond acceptors (Lipinski definition) is 3. The van der Waals surface area contributed by atoms with Crippen LogP contribution in [0.25, 0.3) is 11.4 Å². The number of urea groups is 1. The van der Waals surface area contributed by atoms with Crippen LogP contribution >= 0.6 is 0 Å². The molecule has 2 amide bonds. The predicted molar refractivity (Wildman–Crippen MR) is 104 cm³/mol. The molecule has 3 aromatic rings. The predicted octanol–water partition coefficient (Wildman–Crippen LogP) is 3.39. The Kier molecular flexibility index (Phi) is 5.32. The maximum absolute atomic E-state index is 12.9. The molecular weight excluding hydrogens is 357 g/mol. The molecule has 0 spiro atoms. The average molecular weight is 379 g/mol. The Bertz CT molecular complexity index is 925. The first kappa shape index (κ1) is 18.2. The molecule has 7 heteroatoms. The molecule has 0 saturated carbocycles. The minimum atomic E-state index is -0.278. The third kappa shape index (κ3) is 4.36. The van der Waals surface area contributed by atoms with Crippen molar-refractivity contribution in [2.75, 3.05) is 13.1 Å². The molecule has 1 aliphatic rings. The van der Waals surface area contributed by atoms with E-state index in [4.69, 9.17) is 0 Å². The smallest absolute Gasteiger partial charge is 0.317 e. The van der Waals surface area contributed by atoms with Crippen LogP contribution in [0.1, 0.15) is 17.8 Å². The molecule has 1 saturated heterocycles. The second kappa shape index (κ2) is 8.21. The van der Waals surface area contributed by atoms with Gasteiger partial charge in [0.15, 0.2) is 5.82 Å². The number of carbonyl (C=O) groups is 1. The number of aromatic nitrogens is 3. The highest BCUT2D eigenvalue weighted by Crippen LogP contribution is 2.21. The number of aromatic amines is 1. The normalized spacial score (nSPS) is 16.3. The number of amides is 2. The van der Waals surface area contributed by atoms with Gasteiger partial charge in [0, 0.05) is 31.6 Å². The Morgan fingerprint density at radius 2 is 1.96 bits per heavy atom. The number of nitrogens with one attached hydrogen (secondary N) is 2. The first-order chi connectivity index (χ1) is 13.7. The Hall–Kier alpha value is -3.22. The zero-order chi connectivity index (χ0) is 19.3. The van der Waals surface area contributed by atoms with E-state index in [1.807, 2.05) is 35.2 Å². The van der Waals surface area contributed by atoms with Crippen molar-refractivity contribution in [2.24, 2.45) is 5.92 Å². The fourth-order valence-electron chi connectivity index (χ4n) is 3.45. The van der Waals surface area contributed by atoms with Gasteiger partial charge >= 0.3 is 6.03 Å². The van der Waals surface area contributed by atoms with Crippen molar-refractivity contribution in [3.05, 3.63) is 71.8 Å². The van der Waals surface area contributed by atoms with Gasteiger partial charge in [0.25, 0.3) is 0 Å². The molecule has 0 aliphatic carbocycles. The van der Waals surface area contributed by atoms with Crippen LogP contribution in [0.3, 0.4) is 0 Å². The first-order valence-electron chi connectivity index (χ1n) is 9.41. The third-order valence-electron chi connectivity index (χ3n) is 4.98. The SMILES string of the molecule is O=C(NCc1ccc(F)cc1)N1CCC(Cc2nc(-c3ccccc3)n[nH]2)C1. The lowest BCUT2D eigenvalue weighted by Crippen LogP contribution is -2.38. The van der Waals surface area contributed by atoms with Crippen LogP contribution in [-0.4, -0.2) is 39.2 Å². The maximum Gasteiger partial charge on any atom is 0.317 e. The maximum atomic E-state index is 12.9. The Morgan fingerprint density at radius 3 is 2.75 bits per heavy atom. The van der Waals surface area contributed by atoms with E-state index in [0.717, 1.165) is 36.3 Å². The van der Waals surface area contributed by atoms with Crippen LogP contribution in [0, 0.1) is 11.7 Å². The number of likely N-dealkylation sites (tertiary alicyclic amines) is 1. The van der Waals surface area contributed by atoms with E-state index in [0.29, 0.717) is 24.8 Å². The lowest BCUT2D eigenvalue weighted by Gasteiger charge is -2.17. The molecule has 0 radical (unpaired) electrons. The van der Waals surface area contributed by atoms with Gasteiger partial charge in [-0.1, -0.05) is 42.5 Å². The zero-order valence-corrected chi connectivity index (χ0v) is 15.4. The van der Waals surface area contributed by atoms with Gasteiger partial charge in [-0.2, -0.15) is 5.10 Å². The van der Waals surface area contributed by atoms with Crippen molar-refractivity contribution >= 4 is 6.03 Å². The summed E-state index contributed by atoms with van der Waals surface area (Å²) in [4.78, 5) is 18.8. The molecule has 1 aliphatic heterocycles. The summed E-state index contributed by atoms with van der Waals surface area (Å²) < 4.78 is 12.9. The molecule has 0 bridgehead atoms. The third-order valence-corrected chi connectivity index (χ3v) is 4.98. The molecular formula is C21H22FN5O. The van der Waals surface area contributed by atoms with Crippen LogP contribution in [-0.2, 0) is 13.0 Å². The summed E-state index contributed by atoms with van der Waals surface area (Å²) in [6, 6.07) is 15.9. The summed E-state index contributed by atoms with van der Waals surface area (Å²) in [6.07, 6.45) is 1.70. The van der Waals surface area contributed by atoms with Gasteiger partial charge in [0.2, 0.25) is 0 Å². The number of rotatable bonds is 5. The van der Waals surface area contributed by atoms with Crippen LogP contribution in [0.5, 0.6) is 0 Å². The Balaban J connectivity index is 1.27. The number of nitrogens with zero attached hydrogens (tertiary/aromatic N) is 3. The van der Waals surface area contributed by atoms with Gasteiger partial charge in [-0.3, -0.25) is 5.10 Å². The largest absolute Gasteiger partial charge is 0.334 e. The van der Waals surface area contributed by atoms with Crippen molar-refractivity contribution < 1.29 is 9.18 Å². The van der Waals surface area contributed by atoms with E-state index < -0.39 is 0 Å². The van der Waals surface area contributed by atoms with Crippen LogP contribution in [0.2, 0.25) is 0 Å². The molecule has 2 aromatic carbocycles. The molecule has 28 heavy (non-hydrogen) atoms. The number of halogens is 1. The van der Waals surface area contributed by atoms with Gasteiger partial charge in [0.1, 0.15) is 11.6 Å². The second-order valence-electron chi connectivity index (χ2n) is 7.06. The molecule has 1 unspecified atom stereocenters. The molecule has 1 fully saturated rings. The molecule has 6 nitrogen and oxygen atoms in total. The number of carbonyl (C=O) groups excluding carboxylic acids is 1. The van der Waals surface area contributed by atoms with Crippen LogP contribution in [0.4, 0.5) is 9.18 Å². The number of benzene rings is 2. The Labute approximate surface area is 162 Å². The van der Waals surface area contributed by atoms with Gasteiger partial charge in [-0.25, -0.2) is 14.2 Å². The summed E-state index contributed by atoms with van der Waals surface area (Å²) in [7, 11) is 0. The highest BCUT2D eigenvalue weighted by Gasteiger charge is 2.27. The molecule has 144 valence electrons. The van der Waals surface area contributed by atoms with Gasteiger partial charge < -0.3 is 10.2 Å². The van der Waals surface area contributed by atoms with Crippen molar-refractivity contribution in [1.29, 1.82) is 0 Å². The van der Waals surface area contributed by atoms with Crippen LogP contribution < -0.4 is 5.32 Å². The summed E-state index contributed by atoms with van der Waals surface area (Å²) in [5, 5.41) is 10.2. The number of H-pyrrole nitrogens is 1. The number of hydrogen-bond donors (Lipinski definition) is 2. The zero-order valence-electron chi connectivity index (χ0n) is 15.4. The quantitative estimate of drug-likeness (QED) is 0.714. The van der Waals surface area contributed by atoms with Crippen LogP contribution in [0.15, 0.2) is 54.6 Å². The highest BCUT2D eigenvalue weighted by atomic mass is 19.1. The van der Waals surface area contributed by atoms with E-state index in [1.54, 1.807) is 12.1 Å². The van der Waals surface area contributed by atoms with E-state index >= 15 is 0 Å². The topological polar surface area (TPSA) is 73.9 Å². The van der Waals surface area contributed by atoms with Crippen molar-refractivity contribution in [2.45, 2.75) is 19.4 Å². The summed E-state index contributed by atoms with van der Waals surface area (Å²) >= 11 is 0. The van der Waals surface area contributed by atoms with Crippen molar-refractivity contribution in [3.8, 4) is 11.4 Å². The van der Waals surface area contributed by atoms with E-state index in [2.05, 4.69) is 20.5 Å². The highest BCUT2D eigenvalue weighted by molar-refractivity contribution is 5.74. The lowest BCUT2D eigenvalue weighted by molar-refractivity contribution is 0.206. The summed E-state index contributed by atoms with van der Waals surface area (Å²) in [5.74, 6) is 1.62. The summed E-state index contributed by atoms with van der Waals surface area (Å²) in [6.45, 7) is 1.80. The van der Waals surface area contributed by atoms with E-state index in [1.165, 1.54) is 12.1 Å². The Morgan fingerprint density at radius 1 is 1.18 bits per heavy atom. The first-order valence-corrected chi connectivity index (χ1v) is 9.41. The standard InChI is InChI=1S/C21H22FN5O/c22-18-8-6-15(7-9-18)13-23-21(28)27-11-10-16(14-27)12-19-24-20(26-25-19)17-4-2-1-3-5-17/h1-9,16H,10-14H2,(H,23,28)(H,24,25,26). The molecule has 1 atom stereocenters. The minimum absolute atomic E-state index is 0.0885. The second-order valence-corrected chi connectivity index (χ2v) is 7.06. The fraction of sp³-hybridized carbons (Fsp3) is 0.286. The monoisotopic (exact) mass is 379 g/mol. The van der Waals surface area contributed by atoms with Crippen molar-refractivity contribution in [1.82, 2.24) is 25.4 Å². The van der Waals surface area contributed by atoms with Gasteiger partial charge in [-0.05, 0) is 30.0 Å². The lowest BCUT2D eigenvalue weighted by atomic mass is 10.1. The molecule has 1 aromatic heterocycles. The molecule has 4 rings (SSSR count). The van der Waals surface area contributed by atoms with Crippen molar-refractivity contribution in [3.63, 3.8) is 0 Å². The van der Waals surface area contributed by atoms with Gasteiger partial charge in [0.05, 0.1) is 0 Å². The minimum Gasteiger partial charge on any atom is -0.334 e. The van der Waals surface area contributed by atoms with Gasteiger partial charge in [-0.15, -0.1) is 0 Å². The molecule has 2 heterocycles. The molecule has 2 N–H and O–H groups in total. The van der Waals surface area contributed by atoms with E-state index in [-0.39, 0.29) is 11.8 Å². The summed E-state index contributed by atoms with van der Waals surface area (Å²) in [5.41, 5.74) is 1.86. The average Bonchev–Trinajstić information content (AvgIpc) is 3.38. The van der Waals surface area contributed by atoms with E-state index in [9.17, 15) is 9.18 Å². The fourth-order valence-corrected chi connectivity index (χ4v) is 3.45.